The summed E-state index contributed by atoms with van der Waals surface area (Å²) in [4.78, 5) is 9.69. The van der Waals surface area contributed by atoms with Crippen molar-refractivity contribution < 1.29 is 0 Å². The average molecular weight is 259 g/mol. The molecule has 0 atom stereocenters. The van der Waals surface area contributed by atoms with E-state index in [4.69, 9.17) is 23.2 Å². The van der Waals surface area contributed by atoms with Gasteiger partial charge in [0.15, 0.2) is 0 Å². The lowest BCUT2D eigenvalue weighted by molar-refractivity contribution is 0.946. The highest BCUT2D eigenvalue weighted by Gasteiger charge is 2.04. The van der Waals surface area contributed by atoms with Crippen molar-refractivity contribution >= 4 is 34.5 Å². The first-order valence-corrected chi connectivity index (χ1v) is 6.18. The first-order valence-electron chi connectivity index (χ1n) is 4.38. The molecule has 0 radical (unpaired) electrons. The summed E-state index contributed by atoms with van der Waals surface area (Å²) in [5, 5.41) is 2.48. The molecule has 0 amide bonds. The van der Waals surface area contributed by atoms with Gasteiger partial charge in [-0.05, 0) is 17.5 Å². The summed E-state index contributed by atoms with van der Waals surface area (Å²) in [6.45, 7) is 0. The van der Waals surface area contributed by atoms with Crippen LogP contribution >= 0.6 is 34.5 Å². The Balaban J connectivity index is 2.24. The van der Waals surface area contributed by atoms with Crippen LogP contribution in [0.2, 0.25) is 5.15 Å². The van der Waals surface area contributed by atoms with Crippen LogP contribution in [-0.4, -0.2) is 9.97 Å². The van der Waals surface area contributed by atoms with Crippen LogP contribution in [0.15, 0.2) is 23.6 Å². The highest BCUT2D eigenvalue weighted by molar-refractivity contribution is 7.09. The van der Waals surface area contributed by atoms with E-state index in [1.54, 1.807) is 17.4 Å². The second-order valence-corrected chi connectivity index (χ2v) is 4.67. The topological polar surface area (TPSA) is 25.8 Å². The SMILES string of the molecule is ClCc1cc(Cl)nc(Cc2cccs2)n1. The van der Waals surface area contributed by atoms with Crippen LogP contribution in [-0.2, 0) is 12.3 Å². The van der Waals surface area contributed by atoms with Gasteiger partial charge in [0.1, 0.15) is 11.0 Å². The molecule has 15 heavy (non-hydrogen) atoms. The predicted octanol–water partition coefficient (Wildman–Crippen LogP) is 3.52. The van der Waals surface area contributed by atoms with E-state index in [-0.39, 0.29) is 0 Å². The highest BCUT2D eigenvalue weighted by atomic mass is 35.5. The zero-order valence-electron chi connectivity index (χ0n) is 7.78. The Morgan fingerprint density at radius 3 is 2.87 bits per heavy atom. The van der Waals surface area contributed by atoms with E-state index in [0.29, 0.717) is 17.5 Å². The molecule has 0 fully saturated rings. The van der Waals surface area contributed by atoms with E-state index < -0.39 is 0 Å². The fourth-order valence-electron chi connectivity index (χ4n) is 1.23. The van der Waals surface area contributed by atoms with E-state index in [1.165, 1.54) is 4.88 Å². The standard InChI is InChI=1S/C10H8Cl2N2S/c11-6-7-4-9(12)14-10(13-7)5-8-2-1-3-15-8/h1-4H,5-6H2. The van der Waals surface area contributed by atoms with Gasteiger partial charge in [-0.2, -0.15) is 0 Å². The van der Waals surface area contributed by atoms with Crippen molar-refractivity contribution in [3.63, 3.8) is 0 Å². The van der Waals surface area contributed by atoms with E-state index in [9.17, 15) is 0 Å². The summed E-state index contributed by atoms with van der Waals surface area (Å²) in [5.74, 6) is 1.08. The lowest BCUT2D eigenvalue weighted by Gasteiger charge is -2.01. The molecule has 0 aliphatic rings. The largest absolute Gasteiger partial charge is 0.236 e. The summed E-state index contributed by atoms with van der Waals surface area (Å²) in [7, 11) is 0. The second kappa shape index (κ2) is 4.92. The number of hydrogen-bond acceptors (Lipinski definition) is 3. The number of rotatable bonds is 3. The first-order chi connectivity index (χ1) is 7.28. The van der Waals surface area contributed by atoms with Gasteiger partial charge in [-0.15, -0.1) is 22.9 Å². The fraction of sp³-hybridized carbons (Fsp3) is 0.200. The smallest absolute Gasteiger partial charge is 0.135 e. The van der Waals surface area contributed by atoms with Gasteiger partial charge in [0, 0.05) is 11.3 Å². The van der Waals surface area contributed by atoms with Crippen molar-refractivity contribution in [3.8, 4) is 0 Å². The summed E-state index contributed by atoms with van der Waals surface area (Å²) in [6, 6.07) is 5.74. The summed E-state index contributed by atoms with van der Waals surface area (Å²) in [6.07, 6.45) is 0.710. The van der Waals surface area contributed by atoms with Crippen LogP contribution in [0.3, 0.4) is 0 Å². The number of nitrogens with zero attached hydrogens (tertiary/aromatic N) is 2. The molecular formula is C10H8Cl2N2S. The molecular weight excluding hydrogens is 251 g/mol. The number of aromatic nitrogens is 2. The minimum absolute atomic E-state index is 0.361. The number of alkyl halides is 1. The second-order valence-electron chi connectivity index (χ2n) is 2.99. The minimum Gasteiger partial charge on any atom is -0.236 e. The van der Waals surface area contributed by atoms with Crippen molar-refractivity contribution in [2.75, 3.05) is 0 Å². The third kappa shape index (κ3) is 2.91. The molecule has 5 heteroatoms. The van der Waals surface area contributed by atoms with Crippen molar-refractivity contribution in [2.24, 2.45) is 0 Å². The van der Waals surface area contributed by atoms with Gasteiger partial charge in [-0.1, -0.05) is 17.7 Å². The number of thiophene rings is 1. The lowest BCUT2D eigenvalue weighted by atomic mass is 10.3. The zero-order valence-corrected chi connectivity index (χ0v) is 10.1. The Bertz CT molecular complexity index is 443. The molecule has 2 aromatic rings. The van der Waals surface area contributed by atoms with Crippen LogP contribution in [0.25, 0.3) is 0 Å². The van der Waals surface area contributed by atoms with Crippen molar-refractivity contribution in [2.45, 2.75) is 12.3 Å². The van der Waals surface area contributed by atoms with Crippen LogP contribution in [0, 0.1) is 0 Å². The van der Waals surface area contributed by atoms with Gasteiger partial charge >= 0.3 is 0 Å². The van der Waals surface area contributed by atoms with Crippen LogP contribution in [0.5, 0.6) is 0 Å². The minimum atomic E-state index is 0.361. The third-order valence-corrected chi connectivity index (χ3v) is 3.19. The Kier molecular flexibility index (Phi) is 3.57. The molecule has 2 nitrogen and oxygen atoms in total. The molecule has 0 spiro atoms. The molecule has 0 unspecified atom stereocenters. The van der Waals surface area contributed by atoms with E-state index in [2.05, 4.69) is 16.0 Å². The van der Waals surface area contributed by atoms with Crippen LogP contribution < -0.4 is 0 Å². The number of hydrogen-bond donors (Lipinski definition) is 0. The molecule has 0 saturated carbocycles. The number of halogens is 2. The van der Waals surface area contributed by atoms with E-state index in [1.807, 2.05) is 11.4 Å². The van der Waals surface area contributed by atoms with Crippen molar-refractivity contribution in [1.82, 2.24) is 9.97 Å². The Labute approximate surface area is 102 Å². The molecule has 0 aromatic carbocycles. The summed E-state index contributed by atoms with van der Waals surface area (Å²) >= 11 is 13.3. The summed E-state index contributed by atoms with van der Waals surface area (Å²) in [5.41, 5.74) is 0.767. The Morgan fingerprint density at radius 1 is 1.33 bits per heavy atom. The third-order valence-electron chi connectivity index (χ3n) is 1.84. The summed E-state index contributed by atoms with van der Waals surface area (Å²) < 4.78 is 0. The molecule has 2 heterocycles. The first kappa shape index (κ1) is 10.9. The monoisotopic (exact) mass is 258 g/mol. The Hall–Kier alpha value is -0.640. The lowest BCUT2D eigenvalue weighted by Crippen LogP contribution is -1.98. The molecule has 0 aliphatic carbocycles. The van der Waals surface area contributed by atoms with Gasteiger partial charge in [0.25, 0.3) is 0 Å². The molecule has 78 valence electrons. The van der Waals surface area contributed by atoms with E-state index >= 15 is 0 Å². The van der Waals surface area contributed by atoms with Crippen LogP contribution in [0.1, 0.15) is 16.4 Å². The fourth-order valence-corrected chi connectivity index (χ4v) is 2.29. The van der Waals surface area contributed by atoms with Gasteiger partial charge in [-0.25, -0.2) is 9.97 Å². The maximum atomic E-state index is 5.86. The quantitative estimate of drug-likeness (QED) is 0.622. The maximum absolute atomic E-state index is 5.86. The molecule has 2 rings (SSSR count). The normalized spacial score (nSPS) is 10.5. The van der Waals surface area contributed by atoms with Gasteiger partial charge in [0.2, 0.25) is 0 Å². The average Bonchev–Trinajstić information content (AvgIpc) is 2.69. The van der Waals surface area contributed by atoms with Gasteiger partial charge < -0.3 is 0 Å². The predicted molar refractivity (Wildman–Crippen MR) is 63.7 cm³/mol. The van der Waals surface area contributed by atoms with E-state index in [0.717, 1.165) is 11.5 Å². The van der Waals surface area contributed by atoms with Crippen molar-refractivity contribution in [3.05, 3.63) is 45.1 Å². The highest BCUT2D eigenvalue weighted by Crippen LogP contribution is 2.15. The molecule has 0 bridgehead atoms. The maximum Gasteiger partial charge on any atom is 0.135 e. The molecule has 2 aromatic heterocycles. The van der Waals surface area contributed by atoms with Gasteiger partial charge in [0.05, 0.1) is 11.6 Å². The molecule has 0 saturated heterocycles. The Morgan fingerprint density at radius 2 is 2.20 bits per heavy atom. The molecule has 0 N–H and O–H groups in total. The zero-order chi connectivity index (χ0) is 10.7. The van der Waals surface area contributed by atoms with Gasteiger partial charge in [-0.3, -0.25) is 0 Å². The molecule has 0 aliphatic heterocycles. The van der Waals surface area contributed by atoms with Crippen molar-refractivity contribution in [1.29, 1.82) is 0 Å². The van der Waals surface area contributed by atoms with Crippen LogP contribution in [0.4, 0.5) is 0 Å².